The molecule has 0 aliphatic heterocycles. The zero-order valence-corrected chi connectivity index (χ0v) is 16.6. The molecule has 140 valence electrons. The molecule has 0 radical (unpaired) electrons. The second-order valence-electron chi connectivity index (χ2n) is 6.72. The second-order valence-corrected chi connectivity index (χ2v) is 6.72. The van der Waals surface area contributed by atoms with Crippen molar-refractivity contribution in [3.05, 3.63) is 58.7 Å². The first-order valence-corrected chi connectivity index (χ1v) is 9.04. The number of hydrogen-bond donors (Lipinski definition) is 1. The van der Waals surface area contributed by atoms with Gasteiger partial charge >= 0.3 is 0 Å². The number of carbonyl (C=O) groups is 1. The van der Waals surface area contributed by atoms with E-state index in [1.807, 2.05) is 32.0 Å². The molecule has 2 aromatic carbocycles. The number of amides is 1. The first-order chi connectivity index (χ1) is 12.3. The van der Waals surface area contributed by atoms with E-state index in [-0.39, 0.29) is 11.9 Å². The number of nitrogens with one attached hydrogen (secondary N) is 1. The first kappa shape index (κ1) is 19.8. The van der Waals surface area contributed by atoms with Crippen molar-refractivity contribution in [3.8, 4) is 11.5 Å². The predicted octanol–water partition coefficient (Wildman–Crippen LogP) is 4.66. The van der Waals surface area contributed by atoms with Crippen LogP contribution in [-0.2, 0) is 4.79 Å². The van der Waals surface area contributed by atoms with Gasteiger partial charge in [-0.2, -0.15) is 0 Å². The van der Waals surface area contributed by atoms with Gasteiger partial charge in [-0.15, -0.1) is 0 Å². The third kappa shape index (κ3) is 4.78. The van der Waals surface area contributed by atoms with E-state index in [1.165, 1.54) is 16.7 Å². The van der Waals surface area contributed by atoms with Gasteiger partial charge in [0.05, 0.1) is 13.2 Å². The molecule has 4 heteroatoms. The molecule has 1 amide bonds. The SMILES string of the molecule is CC[C@@H](Oc1cccc(OC)c1)C(=O)N[C@@H](C)c1cc(C)c(C)cc1C. The summed E-state index contributed by atoms with van der Waals surface area (Å²) in [5, 5.41) is 3.09. The predicted molar refractivity (Wildman–Crippen MR) is 105 cm³/mol. The topological polar surface area (TPSA) is 47.6 Å². The molecular formula is C22H29NO3. The van der Waals surface area contributed by atoms with Crippen LogP contribution in [0.5, 0.6) is 11.5 Å². The molecule has 1 N–H and O–H groups in total. The van der Waals surface area contributed by atoms with Gasteiger partial charge in [-0.3, -0.25) is 4.79 Å². The Hall–Kier alpha value is -2.49. The van der Waals surface area contributed by atoms with Crippen molar-refractivity contribution in [1.82, 2.24) is 5.32 Å². The zero-order valence-electron chi connectivity index (χ0n) is 16.6. The van der Waals surface area contributed by atoms with Crippen molar-refractivity contribution >= 4 is 5.91 Å². The summed E-state index contributed by atoms with van der Waals surface area (Å²) in [7, 11) is 1.61. The number of carbonyl (C=O) groups excluding carboxylic acids is 1. The highest BCUT2D eigenvalue weighted by molar-refractivity contribution is 5.81. The van der Waals surface area contributed by atoms with E-state index >= 15 is 0 Å². The lowest BCUT2D eigenvalue weighted by Gasteiger charge is -2.22. The van der Waals surface area contributed by atoms with Crippen molar-refractivity contribution in [2.75, 3.05) is 7.11 Å². The van der Waals surface area contributed by atoms with Crippen LogP contribution in [0.4, 0.5) is 0 Å². The number of aryl methyl sites for hydroxylation is 3. The third-order valence-corrected chi connectivity index (χ3v) is 4.69. The van der Waals surface area contributed by atoms with Crippen LogP contribution >= 0.6 is 0 Å². The standard InChI is InChI=1S/C22H29NO3/c1-7-21(26-19-10-8-9-18(13-19)25-6)22(24)23-17(5)20-12-15(3)14(2)11-16(20)4/h8-13,17,21H,7H2,1-6H3,(H,23,24)/t17-,21+/m0/s1. The summed E-state index contributed by atoms with van der Waals surface area (Å²) < 4.78 is 11.1. The van der Waals surface area contributed by atoms with Crippen molar-refractivity contribution in [3.63, 3.8) is 0 Å². The summed E-state index contributed by atoms with van der Waals surface area (Å²) in [5.41, 5.74) is 4.81. The van der Waals surface area contributed by atoms with Gasteiger partial charge in [-0.25, -0.2) is 0 Å². The van der Waals surface area contributed by atoms with Gasteiger partial charge in [0.1, 0.15) is 11.5 Å². The Morgan fingerprint density at radius 3 is 2.35 bits per heavy atom. The van der Waals surface area contributed by atoms with Gasteiger partial charge in [-0.1, -0.05) is 25.1 Å². The minimum atomic E-state index is -0.545. The van der Waals surface area contributed by atoms with Crippen LogP contribution in [0.2, 0.25) is 0 Å². The smallest absolute Gasteiger partial charge is 0.261 e. The third-order valence-electron chi connectivity index (χ3n) is 4.69. The minimum Gasteiger partial charge on any atom is -0.497 e. The normalized spacial score (nSPS) is 13.0. The van der Waals surface area contributed by atoms with Gasteiger partial charge in [-0.05, 0) is 68.5 Å². The Balaban J connectivity index is 2.09. The van der Waals surface area contributed by atoms with Crippen LogP contribution in [0.3, 0.4) is 0 Å². The molecule has 0 aliphatic carbocycles. The summed E-state index contributed by atoms with van der Waals surface area (Å²) in [5.74, 6) is 1.22. The molecule has 0 fully saturated rings. The fourth-order valence-corrected chi connectivity index (χ4v) is 2.99. The first-order valence-electron chi connectivity index (χ1n) is 9.04. The van der Waals surface area contributed by atoms with E-state index in [9.17, 15) is 4.79 Å². The van der Waals surface area contributed by atoms with E-state index in [0.29, 0.717) is 17.9 Å². The highest BCUT2D eigenvalue weighted by Gasteiger charge is 2.21. The maximum atomic E-state index is 12.7. The molecule has 2 aromatic rings. The molecule has 4 nitrogen and oxygen atoms in total. The summed E-state index contributed by atoms with van der Waals surface area (Å²) in [6.07, 6.45) is 0.0400. The Kier molecular flexibility index (Phi) is 6.67. The van der Waals surface area contributed by atoms with E-state index < -0.39 is 6.10 Å². The van der Waals surface area contributed by atoms with Crippen LogP contribution in [0.25, 0.3) is 0 Å². The lowest BCUT2D eigenvalue weighted by atomic mass is 9.96. The Labute approximate surface area is 156 Å². The number of benzene rings is 2. The van der Waals surface area contributed by atoms with Crippen molar-refractivity contribution in [2.24, 2.45) is 0 Å². The zero-order chi connectivity index (χ0) is 19.3. The van der Waals surface area contributed by atoms with E-state index in [1.54, 1.807) is 13.2 Å². The molecule has 0 heterocycles. The molecule has 0 bridgehead atoms. The fraction of sp³-hybridized carbons (Fsp3) is 0.409. The number of rotatable bonds is 7. The molecule has 0 spiro atoms. The summed E-state index contributed by atoms with van der Waals surface area (Å²) in [4.78, 5) is 12.7. The monoisotopic (exact) mass is 355 g/mol. The summed E-state index contributed by atoms with van der Waals surface area (Å²) >= 11 is 0. The second kappa shape index (κ2) is 8.75. The summed E-state index contributed by atoms with van der Waals surface area (Å²) in [6, 6.07) is 11.5. The van der Waals surface area contributed by atoms with Gasteiger partial charge < -0.3 is 14.8 Å². The van der Waals surface area contributed by atoms with E-state index in [2.05, 4.69) is 38.2 Å². The van der Waals surface area contributed by atoms with Crippen LogP contribution < -0.4 is 14.8 Å². The molecule has 0 saturated carbocycles. The lowest BCUT2D eigenvalue weighted by molar-refractivity contribution is -0.128. The van der Waals surface area contributed by atoms with E-state index in [4.69, 9.17) is 9.47 Å². The Morgan fingerprint density at radius 2 is 1.69 bits per heavy atom. The molecule has 0 aromatic heterocycles. The van der Waals surface area contributed by atoms with Gasteiger partial charge in [0, 0.05) is 6.07 Å². The largest absolute Gasteiger partial charge is 0.497 e. The van der Waals surface area contributed by atoms with Gasteiger partial charge in [0.25, 0.3) is 5.91 Å². The van der Waals surface area contributed by atoms with Gasteiger partial charge in [0.15, 0.2) is 6.10 Å². The molecule has 2 atom stereocenters. The minimum absolute atomic E-state index is 0.0789. The number of hydrogen-bond acceptors (Lipinski definition) is 3. The van der Waals surface area contributed by atoms with Crippen molar-refractivity contribution in [2.45, 2.75) is 53.2 Å². The Morgan fingerprint density at radius 1 is 1.04 bits per heavy atom. The van der Waals surface area contributed by atoms with Crippen LogP contribution in [-0.4, -0.2) is 19.1 Å². The molecular weight excluding hydrogens is 326 g/mol. The number of ether oxygens (including phenoxy) is 2. The van der Waals surface area contributed by atoms with Crippen molar-refractivity contribution < 1.29 is 14.3 Å². The Bertz CT molecular complexity index is 770. The van der Waals surface area contributed by atoms with Gasteiger partial charge in [0.2, 0.25) is 0 Å². The average Bonchev–Trinajstić information content (AvgIpc) is 2.62. The summed E-state index contributed by atoms with van der Waals surface area (Å²) in [6.45, 7) is 10.2. The highest BCUT2D eigenvalue weighted by atomic mass is 16.5. The average molecular weight is 355 g/mol. The van der Waals surface area contributed by atoms with E-state index in [0.717, 1.165) is 5.56 Å². The molecule has 0 saturated heterocycles. The molecule has 2 rings (SSSR count). The quantitative estimate of drug-likeness (QED) is 0.786. The highest BCUT2D eigenvalue weighted by Crippen LogP contribution is 2.23. The molecule has 26 heavy (non-hydrogen) atoms. The lowest BCUT2D eigenvalue weighted by Crippen LogP contribution is -2.39. The van der Waals surface area contributed by atoms with Crippen LogP contribution in [0.1, 0.15) is 48.6 Å². The van der Waals surface area contributed by atoms with Crippen LogP contribution in [0, 0.1) is 20.8 Å². The molecule has 0 aliphatic rings. The number of methoxy groups -OCH3 is 1. The maximum Gasteiger partial charge on any atom is 0.261 e. The van der Waals surface area contributed by atoms with Crippen LogP contribution in [0.15, 0.2) is 36.4 Å². The molecule has 0 unspecified atom stereocenters. The van der Waals surface area contributed by atoms with Crippen molar-refractivity contribution in [1.29, 1.82) is 0 Å². The fourth-order valence-electron chi connectivity index (χ4n) is 2.99. The maximum absolute atomic E-state index is 12.7.